The maximum Gasteiger partial charge on any atom is 0.356 e. The monoisotopic (exact) mass is 274 g/mol. The summed E-state index contributed by atoms with van der Waals surface area (Å²) in [5.74, 6) is 0.519. The van der Waals surface area contributed by atoms with Crippen LogP contribution in [0.5, 0.6) is 17.4 Å². The molecule has 2 heterocycles. The molecule has 0 radical (unpaired) electrons. The summed E-state index contributed by atoms with van der Waals surface area (Å²) in [5.41, 5.74) is 0.763. The Labute approximate surface area is 113 Å². The highest BCUT2D eigenvalue weighted by molar-refractivity contribution is 5.84. The lowest BCUT2D eigenvalue weighted by atomic mass is 10.2. The number of hydrogen-bond acceptors (Lipinski definition) is 6. The molecule has 0 saturated carbocycles. The van der Waals surface area contributed by atoms with Gasteiger partial charge in [-0.2, -0.15) is 0 Å². The quantitative estimate of drug-likeness (QED) is 0.902. The average molecular weight is 274 g/mol. The lowest BCUT2D eigenvalue weighted by Crippen LogP contribution is -2.03. The largest absolute Gasteiger partial charge is 0.476 e. The first-order valence-corrected chi connectivity index (χ1v) is 5.79. The Morgan fingerprint density at radius 3 is 2.85 bits per heavy atom. The number of nitrogens with zero attached hydrogens (tertiary/aromatic N) is 2. The van der Waals surface area contributed by atoms with Gasteiger partial charge in [-0.25, -0.2) is 14.8 Å². The van der Waals surface area contributed by atoms with Crippen LogP contribution in [0.1, 0.15) is 16.1 Å². The van der Waals surface area contributed by atoms with Crippen LogP contribution >= 0.6 is 0 Å². The fourth-order valence-corrected chi connectivity index (χ4v) is 1.69. The number of carboxylic acids is 1. The number of carbonyl (C=O) groups is 1. The number of ether oxygens (including phenoxy) is 3. The van der Waals surface area contributed by atoms with Gasteiger partial charge in [0.2, 0.25) is 12.7 Å². The Hall–Kier alpha value is -2.83. The molecule has 0 saturated heterocycles. The molecule has 1 aromatic carbocycles. The van der Waals surface area contributed by atoms with Gasteiger partial charge in [-0.15, -0.1) is 0 Å². The summed E-state index contributed by atoms with van der Waals surface area (Å²) in [6, 6.07) is 5.48. The van der Waals surface area contributed by atoms with Crippen molar-refractivity contribution < 1.29 is 24.1 Å². The molecule has 2 aromatic rings. The van der Waals surface area contributed by atoms with E-state index in [9.17, 15) is 4.79 Å². The Bertz CT molecular complexity index is 642. The first-order valence-electron chi connectivity index (χ1n) is 5.79. The fraction of sp³-hybridized carbons (Fsp3) is 0.154. The van der Waals surface area contributed by atoms with Crippen LogP contribution in [0.3, 0.4) is 0 Å². The molecule has 7 nitrogen and oxygen atoms in total. The zero-order chi connectivity index (χ0) is 13.9. The minimum absolute atomic E-state index is 0.125. The summed E-state index contributed by atoms with van der Waals surface area (Å²) in [5, 5.41) is 8.70. The molecule has 0 spiro atoms. The molecule has 1 aliphatic rings. The van der Waals surface area contributed by atoms with Gasteiger partial charge in [0.25, 0.3) is 0 Å². The molecule has 1 aromatic heterocycles. The second kappa shape index (κ2) is 5.04. The number of rotatable bonds is 4. The third-order valence-electron chi connectivity index (χ3n) is 2.67. The number of benzene rings is 1. The van der Waals surface area contributed by atoms with Gasteiger partial charge in [-0.05, 0) is 17.7 Å². The number of fused-ring (bicyclic) bond motifs is 1. The average Bonchev–Trinajstić information content (AvgIpc) is 2.93. The second-order valence-corrected chi connectivity index (χ2v) is 4.02. The fourth-order valence-electron chi connectivity index (χ4n) is 1.69. The molecular formula is C13H10N2O5. The molecule has 0 aliphatic carbocycles. The molecular weight excluding hydrogens is 264 g/mol. The van der Waals surface area contributed by atoms with Crippen LogP contribution in [-0.4, -0.2) is 27.8 Å². The van der Waals surface area contributed by atoms with Gasteiger partial charge in [0.15, 0.2) is 17.2 Å². The van der Waals surface area contributed by atoms with Crippen LogP contribution in [-0.2, 0) is 6.61 Å². The predicted molar refractivity (Wildman–Crippen MR) is 65.9 cm³/mol. The molecule has 3 rings (SSSR count). The topological polar surface area (TPSA) is 90.8 Å². The third kappa shape index (κ3) is 2.46. The van der Waals surface area contributed by atoms with Gasteiger partial charge in [0.1, 0.15) is 6.61 Å². The Morgan fingerprint density at radius 2 is 2.10 bits per heavy atom. The van der Waals surface area contributed by atoms with E-state index < -0.39 is 5.97 Å². The Morgan fingerprint density at radius 1 is 1.25 bits per heavy atom. The van der Waals surface area contributed by atoms with Gasteiger partial charge in [-0.3, -0.25) is 0 Å². The van der Waals surface area contributed by atoms with Crippen LogP contribution in [0.25, 0.3) is 0 Å². The van der Waals surface area contributed by atoms with E-state index in [1.165, 1.54) is 6.20 Å². The molecule has 1 N–H and O–H groups in total. The van der Waals surface area contributed by atoms with E-state index in [0.29, 0.717) is 11.5 Å². The number of carboxylic acid groups (broad SMARTS) is 1. The predicted octanol–water partition coefficient (Wildman–Crippen LogP) is 1.48. The van der Waals surface area contributed by atoms with E-state index in [1.54, 1.807) is 6.07 Å². The lowest BCUT2D eigenvalue weighted by molar-refractivity contribution is 0.0689. The maximum absolute atomic E-state index is 10.6. The molecule has 1 aliphatic heterocycles. The van der Waals surface area contributed by atoms with Crippen molar-refractivity contribution in [1.29, 1.82) is 0 Å². The van der Waals surface area contributed by atoms with Gasteiger partial charge in [0, 0.05) is 0 Å². The van der Waals surface area contributed by atoms with Gasteiger partial charge in [0.05, 0.1) is 12.4 Å². The second-order valence-electron chi connectivity index (χ2n) is 4.02. The Kier molecular flexibility index (Phi) is 3.08. The van der Waals surface area contributed by atoms with E-state index in [1.807, 2.05) is 12.1 Å². The first-order chi connectivity index (χ1) is 9.72. The summed E-state index contributed by atoms with van der Waals surface area (Å²) in [4.78, 5) is 18.2. The molecule has 20 heavy (non-hydrogen) atoms. The third-order valence-corrected chi connectivity index (χ3v) is 2.67. The van der Waals surface area contributed by atoms with Crippen LogP contribution in [0, 0.1) is 0 Å². The highest BCUT2D eigenvalue weighted by Crippen LogP contribution is 2.32. The van der Waals surface area contributed by atoms with Gasteiger partial charge in [-0.1, -0.05) is 6.07 Å². The molecule has 0 amide bonds. The minimum atomic E-state index is -1.13. The van der Waals surface area contributed by atoms with Crippen molar-refractivity contribution in [3.8, 4) is 17.4 Å². The van der Waals surface area contributed by atoms with Crippen LogP contribution in [0.15, 0.2) is 30.6 Å². The zero-order valence-electron chi connectivity index (χ0n) is 10.3. The number of hydrogen-bond donors (Lipinski definition) is 1. The van der Waals surface area contributed by atoms with Crippen molar-refractivity contribution in [3.63, 3.8) is 0 Å². The summed E-state index contributed by atoms with van der Waals surface area (Å²) >= 11 is 0. The zero-order valence-corrected chi connectivity index (χ0v) is 10.3. The van der Waals surface area contributed by atoms with E-state index in [2.05, 4.69) is 9.97 Å². The first kappa shape index (κ1) is 12.2. The minimum Gasteiger partial charge on any atom is -0.476 e. The molecule has 102 valence electrons. The van der Waals surface area contributed by atoms with E-state index >= 15 is 0 Å². The standard InChI is InChI=1S/C13H10N2O5/c16-13(17)9-4-15-12(5-14-9)18-6-8-1-2-10-11(3-8)20-7-19-10/h1-5H,6-7H2,(H,16,17). The van der Waals surface area contributed by atoms with Crippen molar-refractivity contribution in [1.82, 2.24) is 9.97 Å². The highest BCUT2D eigenvalue weighted by atomic mass is 16.7. The Balaban J connectivity index is 1.65. The molecule has 0 atom stereocenters. The smallest absolute Gasteiger partial charge is 0.356 e. The van der Waals surface area contributed by atoms with Gasteiger partial charge >= 0.3 is 5.97 Å². The summed E-state index contributed by atoms with van der Waals surface area (Å²) in [6.07, 6.45) is 2.42. The van der Waals surface area contributed by atoms with Crippen LogP contribution < -0.4 is 14.2 Å². The van der Waals surface area contributed by atoms with E-state index in [0.717, 1.165) is 11.8 Å². The van der Waals surface area contributed by atoms with Crippen LogP contribution in [0.2, 0.25) is 0 Å². The van der Waals surface area contributed by atoms with E-state index in [-0.39, 0.29) is 25.0 Å². The lowest BCUT2D eigenvalue weighted by Gasteiger charge is -2.05. The summed E-state index contributed by atoms with van der Waals surface area (Å²) in [7, 11) is 0. The highest BCUT2D eigenvalue weighted by Gasteiger charge is 2.13. The SMILES string of the molecule is O=C(O)c1cnc(OCc2ccc3c(c2)OCO3)cn1. The number of aromatic nitrogens is 2. The molecule has 7 heteroatoms. The molecule has 0 fully saturated rings. The van der Waals surface area contributed by atoms with Crippen molar-refractivity contribution in [2.75, 3.05) is 6.79 Å². The normalized spacial score (nSPS) is 12.2. The summed E-state index contributed by atoms with van der Waals surface area (Å²) < 4.78 is 15.9. The summed E-state index contributed by atoms with van der Waals surface area (Å²) in [6.45, 7) is 0.500. The van der Waals surface area contributed by atoms with Crippen molar-refractivity contribution >= 4 is 5.97 Å². The molecule has 0 unspecified atom stereocenters. The number of aromatic carboxylic acids is 1. The van der Waals surface area contributed by atoms with Crippen molar-refractivity contribution in [3.05, 3.63) is 41.9 Å². The van der Waals surface area contributed by atoms with E-state index in [4.69, 9.17) is 19.3 Å². The maximum atomic E-state index is 10.6. The van der Waals surface area contributed by atoms with Crippen molar-refractivity contribution in [2.45, 2.75) is 6.61 Å². The molecule has 0 bridgehead atoms. The van der Waals surface area contributed by atoms with Crippen LogP contribution in [0.4, 0.5) is 0 Å². The van der Waals surface area contributed by atoms with Gasteiger partial charge < -0.3 is 19.3 Å². The van der Waals surface area contributed by atoms with Crippen molar-refractivity contribution in [2.24, 2.45) is 0 Å².